The van der Waals surface area contributed by atoms with Gasteiger partial charge in [0.15, 0.2) is 9.84 Å². The van der Waals surface area contributed by atoms with Crippen molar-refractivity contribution in [1.29, 1.82) is 0 Å². The molecule has 7 nitrogen and oxygen atoms in total. The maximum atomic E-state index is 12.4. The van der Waals surface area contributed by atoms with Crippen molar-refractivity contribution in [2.24, 2.45) is 5.92 Å². The first-order valence-electron chi connectivity index (χ1n) is 9.27. The highest BCUT2D eigenvalue weighted by atomic mass is 32.2. The molecule has 2 fully saturated rings. The molecule has 0 unspecified atom stereocenters. The SMILES string of the molecule is CC(C)Oc1ccc(CNC(=O)[C@@H]2CC(=O)N([C@H]3CCS(=O)(=O)C3)C2)cc1. The second kappa shape index (κ2) is 7.88. The molecule has 2 heterocycles. The van der Waals surface area contributed by atoms with E-state index in [9.17, 15) is 18.0 Å². The van der Waals surface area contributed by atoms with Crippen LogP contribution in [0.5, 0.6) is 5.75 Å². The normalized spacial score (nSPS) is 24.4. The van der Waals surface area contributed by atoms with Gasteiger partial charge in [0.25, 0.3) is 0 Å². The van der Waals surface area contributed by atoms with Gasteiger partial charge in [-0.1, -0.05) is 12.1 Å². The van der Waals surface area contributed by atoms with Crippen LogP contribution < -0.4 is 10.1 Å². The molecule has 1 aromatic carbocycles. The van der Waals surface area contributed by atoms with Gasteiger partial charge in [-0.25, -0.2) is 8.42 Å². The molecule has 2 aliphatic rings. The Balaban J connectivity index is 1.51. The van der Waals surface area contributed by atoms with Gasteiger partial charge >= 0.3 is 0 Å². The van der Waals surface area contributed by atoms with Crippen LogP contribution in [-0.4, -0.2) is 55.3 Å². The van der Waals surface area contributed by atoms with Crippen LogP contribution in [0.3, 0.4) is 0 Å². The number of sulfone groups is 1. The number of ether oxygens (including phenoxy) is 1. The number of hydrogen-bond acceptors (Lipinski definition) is 5. The minimum absolute atomic E-state index is 0.0118. The molecule has 0 bridgehead atoms. The summed E-state index contributed by atoms with van der Waals surface area (Å²) < 4.78 is 28.9. The molecule has 2 amide bonds. The number of benzene rings is 1. The smallest absolute Gasteiger partial charge is 0.225 e. The number of nitrogens with zero attached hydrogens (tertiary/aromatic N) is 1. The second-order valence-corrected chi connectivity index (χ2v) is 9.76. The first-order valence-corrected chi connectivity index (χ1v) is 11.1. The van der Waals surface area contributed by atoms with E-state index in [1.165, 1.54) is 0 Å². The average molecular weight is 394 g/mol. The lowest BCUT2D eigenvalue weighted by Gasteiger charge is -2.22. The fourth-order valence-corrected chi connectivity index (χ4v) is 5.30. The fraction of sp³-hybridized carbons (Fsp3) is 0.579. The molecule has 1 aromatic rings. The zero-order chi connectivity index (χ0) is 19.6. The predicted molar refractivity (Wildman–Crippen MR) is 101 cm³/mol. The first kappa shape index (κ1) is 19.7. The van der Waals surface area contributed by atoms with Crippen molar-refractivity contribution in [1.82, 2.24) is 10.2 Å². The van der Waals surface area contributed by atoms with Gasteiger partial charge < -0.3 is 15.0 Å². The molecule has 3 rings (SSSR count). The summed E-state index contributed by atoms with van der Waals surface area (Å²) in [5.74, 6) is 0.182. The monoisotopic (exact) mass is 394 g/mol. The first-order chi connectivity index (χ1) is 12.7. The van der Waals surface area contributed by atoms with Crippen molar-refractivity contribution in [3.63, 3.8) is 0 Å². The van der Waals surface area contributed by atoms with Gasteiger partial charge in [0.2, 0.25) is 11.8 Å². The molecule has 2 aliphatic heterocycles. The topological polar surface area (TPSA) is 92.8 Å². The summed E-state index contributed by atoms with van der Waals surface area (Å²) in [6, 6.07) is 7.24. The van der Waals surface area contributed by atoms with Crippen molar-refractivity contribution >= 4 is 21.7 Å². The molecule has 8 heteroatoms. The summed E-state index contributed by atoms with van der Waals surface area (Å²) in [5.41, 5.74) is 0.947. The molecule has 27 heavy (non-hydrogen) atoms. The van der Waals surface area contributed by atoms with Crippen LogP contribution in [0, 0.1) is 5.92 Å². The molecule has 1 N–H and O–H groups in total. The Bertz CT molecular complexity index is 804. The zero-order valence-corrected chi connectivity index (χ0v) is 16.5. The zero-order valence-electron chi connectivity index (χ0n) is 15.7. The summed E-state index contributed by atoms with van der Waals surface area (Å²) >= 11 is 0. The van der Waals surface area contributed by atoms with E-state index in [0.29, 0.717) is 19.5 Å². The summed E-state index contributed by atoms with van der Waals surface area (Å²) in [4.78, 5) is 26.2. The van der Waals surface area contributed by atoms with Crippen LogP contribution in [0.4, 0.5) is 0 Å². The van der Waals surface area contributed by atoms with Gasteiger partial charge in [0.1, 0.15) is 5.75 Å². The van der Waals surface area contributed by atoms with Crippen LogP contribution >= 0.6 is 0 Å². The van der Waals surface area contributed by atoms with Gasteiger partial charge in [0, 0.05) is 25.6 Å². The Kier molecular flexibility index (Phi) is 5.74. The number of amides is 2. The van der Waals surface area contributed by atoms with Crippen molar-refractivity contribution < 1.29 is 22.7 Å². The van der Waals surface area contributed by atoms with Crippen molar-refractivity contribution in [2.75, 3.05) is 18.1 Å². The molecule has 0 aromatic heterocycles. The Morgan fingerprint density at radius 1 is 1.30 bits per heavy atom. The molecule has 0 aliphatic carbocycles. The lowest BCUT2D eigenvalue weighted by Crippen LogP contribution is -2.39. The van der Waals surface area contributed by atoms with Crippen molar-refractivity contribution in [2.45, 2.75) is 45.4 Å². The molecule has 2 saturated heterocycles. The molecule has 148 valence electrons. The molecular formula is C19H26N2O5S. The number of carbonyl (C=O) groups excluding carboxylic acids is 2. The second-order valence-electron chi connectivity index (χ2n) is 7.53. The van der Waals surface area contributed by atoms with E-state index in [0.717, 1.165) is 11.3 Å². The minimum atomic E-state index is -3.06. The molecule has 2 atom stereocenters. The predicted octanol–water partition coefficient (Wildman–Crippen LogP) is 1.13. The standard InChI is InChI=1S/C19H26N2O5S/c1-13(2)26-17-5-3-14(4-6-17)10-20-19(23)15-9-18(22)21(11-15)16-7-8-27(24,25)12-16/h3-6,13,15-16H,7-12H2,1-2H3,(H,20,23)/t15-,16+/m1/s1. The summed E-state index contributed by atoms with van der Waals surface area (Å²) in [6.07, 6.45) is 0.713. The van der Waals surface area contributed by atoms with E-state index in [1.54, 1.807) is 4.90 Å². The summed E-state index contributed by atoms with van der Waals surface area (Å²) in [6.45, 7) is 4.60. The van der Waals surface area contributed by atoms with E-state index in [1.807, 2.05) is 38.1 Å². The van der Waals surface area contributed by atoms with Crippen LogP contribution in [0.25, 0.3) is 0 Å². The minimum Gasteiger partial charge on any atom is -0.491 e. The van der Waals surface area contributed by atoms with Gasteiger partial charge in [-0.3, -0.25) is 9.59 Å². The van der Waals surface area contributed by atoms with Crippen molar-refractivity contribution in [3.8, 4) is 5.75 Å². The average Bonchev–Trinajstić information content (AvgIpc) is 3.15. The summed E-state index contributed by atoms with van der Waals surface area (Å²) in [5, 5.41) is 2.87. The number of likely N-dealkylation sites (tertiary alicyclic amines) is 1. The fourth-order valence-electron chi connectivity index (χ4n) is 3.57. The number of nitrogens with one attached hydrogen (secondary N) is 1. The van der Waals surface area contributed by atoms with E-state index in [2.05, 4.69) is 5.32 Å². The van der Waals surface area contributed by atoms with E-state index in [4.69, 9.17) is 4.74 Å². The Hall–Kier alpha value is -2.09. The van der Waals surface area contributed by atoms with E-state index >= 15 is 0 Å². The lowest BCUT2D eigenvalue weighted by molar-refractivity contribution is -0.130. The van der Waals surface area contributed by atoms with Crippen LogP contribution in [0.15, 0.2) is 24.3 Å². The Morgan fingerprint density at radius 3 is 2.59 bits per heavy atom. The highest BCUT2D eigenvalue weighted by Crippen LogP contribution is 2.26. The lowest BCUT2D eigenvalue weighted by atomic mass is 10.1. The van der Waals surface area contributed by atoms with E-state index < -0.39 is 15.8 Å². The number of rotatable bonds is 6. The van der Waals surface area contributed by atoms with Crippen LogP contribution in [0.1, 0.15) is 32.3 Å². The summed E-state index contributed by atoms with van der Waals surface area (Å²) in [7, 11) is -3.06. The molecule has 0 saturated carbocycles. The third kappa shape index (κ3) is 5.00. The maximum Gasteiger partial charge on any atom is 0.225 e. The Labute approximate surface area is 160 Å². The van der Waals surface area contributed by atoms with Crippen LogP contribution in [0.2, 0.25) is 0 Å². The largest absolute Gasteiger partial charge is 0.491 e. The van der Waals surface area contributed by atoms with Gasteiger partial charge in [-0.15, -0.1) is 0 Å². The maximum absolute atomic E-state index is 12.4. The van der Waals surface area contributed by atoms with Gasteiger partial charge in [-0.05, 0) is 38.0 Å². The number of hydrogen-bond donors (Lipinski definition) is 1. The van der Waals surface area contributed by atoms with E-state index in [-0.39, 0.29) is 41.9 Å². The molecule has 0 radical (unpaired) electrons. The molecular weight excluding hydrogens is 368 g/mol. The highest BCUT2D eigenvalue weighted by Gasteiger charge is 2.41. The van der Waals surface area contributed by atoms with Crippen LogP contribution in [-0.2, 0) is 26.0 Å². The number of carbonyl (C=O) groups is 2. The third-order valence-electron chi connectivity index (χ3n) is 4.94. The Morgan fingerprint density at radius 2 is 2.00 bits per heavy atom. The third-order valence-corrected chi connectivity index (χ3v) is 6.69. The quantitative estimate of drug-likeness (QED) is 0.781. The highest BCUT2D eigenvalue weighted by molar-refractivity contribution is 7.91. The molecule has 0 spiro atoms. The van der Waals surface area contributed by atoms with Gasteiger partial charge in [0.05, 0.1) is 23.5 Å². The van der Waals surface area contributed by atoms with Gasteiger partial charge in [-0.2, -0.15) is 0 Å². The van der Waals surface area contributed by atoms with Crippen molar-refractivity contribution in [3.05, 3.63) is 29.8 Å².